The molecule has 0 saturated heterocycles. The van der Waals surface area contributed by atoms with Crippen molar-refractivity contribution in [1.29, 1.82) is 0 Å². The van der Waals surface area contributed by atoms with E-state index in [1.54, 1.807) is 37.3 Å². The van der Waals surface area contributed by atoms with Gasteiger partial charge in [-0.1, -0.05) is 55.1 Å². The molecule has 38 heavy (non-hydrogen) atoms. The van der Waals surface area contributed by atoms with E-state index in [1.807, 2.05) is 26.0 Å². The van der Waals surface area contributed by atoms with E-state index in [0.29, 0.717) is 10.7 Å². The molecule has 1 fully saturated rings. The van der Waals surface area contributed by atoms with Gasteiger partial charge in [0.1, 0.15) is 12.6 Å². The zero-order chi connectivity index (χ0) is 28.0. The summed E-state index contributed by atoms with van der Waals surface area (Å²) >= 11 is 6.05. The molecular weight excluding hydrogens is 524 g/mol. The number of hydrogen-bond donors (Lipinski definition) is 1. The molecule has 0 spiro atoms. The predicted molar refractivity (Wildman–Crippen MR) is 152 cm³/mol. The Hall–Kier alpha value is -2.62. The lowest BCUT2D eigenvalue weighted by Gasteiger charge is -2.34. The van der Waals surface area contributed by atoms with Crippen LogP contribution in [0.4, 0.5) is 5.69 Å². The number of nitrogens with one attached hydrogen (secondary N) is 1. The first-order valence-electron chi connectivity index (χ1n) is 13.0. The molecule has 10 heteroatoms. The molecular formula is C28H39ClN4O4S. The van der Waals surface area contributed by atoms with Gasteiger partial charge >= 0.3 is 10.2 Å². The van der Waals surface area contributed by atoms with Crippen molar-refractivity contribution >= 4 is 39.3 Å². The lowest BCUT2D eigenvalue weighted by molar-refractivity contribution is -0.139. The molecule has 0 heterocycles. The standard InChI is InChI=1S/C28H39ClN4O4S/c1-20-11-12-21(2)26(17-20)33(38(36,37)31(4)5)19-27(34)32(18-23-13-15-24(29)16-14-23)22(3)28(35)30-25-9-7-6-8-10-25/h11-17,22,25H,6-10,18-19H2,1-5H3,(H,30,35)/t22-/m0/s1. The third-order valence-electron chi connectivity index (χ3n) is 7.04. The van der Waals surface area contributed by atoms with E-state index in [-0.39, 0.29) is 18.5 Å². The maximum Gasteiger partial charge on any atom is 0.304 e. The SMILES string of the molecule is Cc1ccc(C)c(N(CC(=O)N(Cc2ccc(Cl)cc2)[C@@H](C)C(=O)NC2CCCCC2)S(=O)(=O)N(C)C)c1. The predicted octanol–water partition coefficient (Wildman–Crippen LogP) is 4.44. The Balaban J connectivity index is 1.94. The number of amides is 2. The minimum atomic E-state index is -4.01. The molecule has 1 atom stereocenters. The molecule has 8 nitrogen and oxygen atoms in total. The lowest BCUT2D eigenvalue weighted by Crippen LogP contribution is -2.53. The van der Waals surface area contributed by atoms with Gasteiger partial charge in [-0.2, -0.15) is 12.7 Å². The number of carbonyl (C=O) groups excluding carboxylic acids is 2. The normalized spacial score (nSPS) is 15.2. The van der Waals surface area contributed by atoms with Gasteiger partial charge in [0.2, 0.25) is 11.8 Å². The van der Waals surface area contributed by atoms with E-state index < -0.39 is 28.7 Å². The van der Waals surface area contributed by atoms with E-state index in [4.69, 9.17) is 11.6 Å². The number of halogens is 1. The van der Waals surface area contributed by atoms with E-state index in [2.05, 4.69) is 5.32 Å². The molecule has 1 aliphatic rings. The largest absolute Gasteiger partial charge is 0.352 e. The van der Waals surface area contributed by atoms with Crippen molar-refractivity contribution in [3.8, 4) is 0 Å². The van der Waals surface area contributed by atoms with Gasteiger partial charge < -0.3 is 10.2 Å². The first-order valence-corrected chi connectivity index (χ1v) is 14.8. The number of aryl methyl sites for hydroxylation is 2. The highest BCUT2D eigenvalue weighted by molar-refractivity contribution is 7.90. The van der Waals surface area contributed by atoms with Crippen molar-refractivity contribution in [1.82, 2.24) is 14.5 Å². The Morgan fingerprint density at radius 1 is 1.03 bits per heavy atom. The molecule has 1 N–H and O–H groups in total. The average molecular weight is 563 g/mol. The molecule has 2 amide bonds. The number of hydrogen-bond acceptors (Lipinski definition) is 4. The monoisotopic (exact) mass is 562 g/mol. The number of carbonyl (C=O) groups is 2. The summed E-state index contributed by atoms with van der Waals surface area (Å²) in [6, 6.07) is 11.8. The molecule has 0 bridgehead atoms. The zero-order valence-electron chi connectivity index (χ0n) is 22.9. The number of anilines is 1. The molecule has 2 aromatic carbocycles. The molecule has 0 unspecified atom stereocenters. The third-order valence-corrected chi connectivity index (χ3v) is 9.09. The van der Waals surface area contributed by atoms with Crippen LogP contribution in [0.15, 0.2) is 42.5 Å². The van der Waals surface area contributed by atoms with E-state index in [9.17, 15) is 18.0 Å². The van der Waals surface area contributed by atoms with Gasteiger partial charge in [0.25, 0.3) is 0 Å². The maximum absolute atomic E-state index is 13.9. The fraction of sp³-hybridized carbons (Fsp3) is 0.500. The van der Waals surface area contributed by atoms with Crippen LogP contribution in [0.1, 0.15) is 55.7 Å². The van der Waals surface area contributed by atoms with Gasteiger partial charge in [-0.05, 0) is 68.5 Å². The van der Waals surface area contributed by atoms with Crippen molar-refractivity contribution in [2.24, 2.45) is 0 Å². The minimum absolute atomic E-state index is 0.0896. The molecule has 208 valence electrons. The summed E-state index contributed by atoms with van der Waals surface area (Å²) in [6.45, 7) is 5.06. The molecule has 0 radical (unpaired) electrons. The molecule has 1 saturated carbocycles. The lowest BCUT2D eigenvalue weighted by atomic mass is 9.95. The summed E-state index contributed by atoms with van der Waals surface area (Å²) in [7, 11) is -1.14. The Bertz CT molecular complexity index is 1230. The van der Waals surface area contributed by atoms with Crippen molar-refractivity contribution in [2.45, 2.75) is 71.5 Å². The fourth-order valence-corrected chi connectivity index (χ4v) is 5.87. The van der Waals surface area contributed by atoms with E-state index in [0.717, 1.165) is 57.4 Å². The van der Waals surface area contributed by atoms with E-state index >= 15 is 0 Å². The molecule has 1 aliphatic carbocycles. The van der Waals surface area contributed by atoms with E-state index in [1.165, 1.54) is 19.0 Å². The van der Waals surface area contributed by atoms with Crippen LogP contribution >= 0.6 is 11.6 Å². The zero-order valence-corrected chi connectivity index (χ0v) is 24.5. The first-order chi connectivity index (χ1) is 17.9. The highest BCUT2D eigenvalue weighted by atomic mass is 35.5. The second-order valence-electron chi connectivity index (χ2n) is 10.3. The molecule has 0 aromatic heterocycles. The molecule has 3 rings (SSSR count). The van der Waals surface area contributed by atoms with Gasteiger partial charge in [0, 0.05) is 31.7 Å². The second-order valence-corrected chi connectivity index (χ2v) is 12.8. The van der Waals surface area contributed by atoms with Crippen LogP contribution in [0.2, 0.25) is 5.02 Å². The number of nitrogens with zero attached hydrogens (tertiary/aromatic N) is 3. The van der Waals surface area contributed by atoms with Crippen molar-refractivity contribution in [2.75, 3.05) is 24.9 Å². The van der Waals surface area contributed by atoms with Gasteiger partial charge in [0.05, 0.1) is 5.69 Å². The summed E-state index contributed by atoms with van der Waals surface area (Å²) in [5.74, 6) is -0.717. The third kappa shape index (κ3) is 7.48. The highest BCUT2D eigenvalue weighted by Gasteiger charge is 2.33. The Labute approximate surface area is 232 Å². The fourth-order valence-electron chi connectivity index (χ4n) is 4.63. The van der Waals surface area contributed by atoms with Crippen LogP contribution in [0.3, 0.4) is 0 Å². The Morgan fingerprint density at radius 3 is 2.26 bits per heavy atom. The minimum Gasteiger partial charge on any atom is -0.352 e. The summed E-state index contributed by atoms with van der Waals surface area (Å²) in [4.78, 5) is 28.6. The smallest absolute Gasteiger partial charge is 0.304 e. The summed E-state index contributed by atoms with van der Waals surface area (Å²) in [6.07, 6.45) is 5.15. The molecule has 0 aliphatic heterocycles. The quantitative estimate of drug-likeness (QED) is 0.464. The number of benzene rings is 2. The highest BCUT2D eigenvalue weighted by Crippen LogP contribution is 2.26. The van der Waals surface area contributed by atoms with Crippen LogP contribution in [-0.2, 0) is 26.3 Å². The Kier molecular flexibility index (Phi) is 10.2. The second kappa shape index (κ2) is 13.0. The van der Waals surface area contributed by atoms with Crippen molar-refractivity contribution in [3.05, 3.63) is 64.2 Å². The van der Waals surface area contributed by atoms with Gasteiger partial charge in [-0.15, -0.1) is 0 Å². The van der Waals surface area contributed by atoms with Crippen LogP contribution in [0.25, 0.3) is 0 Å². The average Bonchev–Trinajstić information content (AvgIpc) is 2.88. The summed E-state index contributed by atoms with van der Waals surface area (Å²) < 4.78 is 29.0. The van der Waals surface area contributed by atoms with Crippen LogP contribution in [0.5, 0.6) is 0 Å². The van der Waals surface area contributed by atoms with Crippen LogP contribution < -0.4 is 9.62 Å². The summed E-state index contributed by atoms with van der Waals surface area (Å²) in [5.41, 5.74) is 2.81. The van der Waals surface area contributed by atoms with Crippen LogP contribution in [-0.4, -0.2) is 62.2 Å². The summed E-state index contributed by atoms with van der Waals surface area (Å²) in [5, 5.41) is 3.67. The molecule has 2 aromatic rings. The number of rotatable bonds is 10. The van der Waals surface area contributed by atoms with Crippen molar-refractivity contribution < 1.29 is 18.0 Å². The van der Waals surface area contributed by atoms with Crippen LogP contribution in [0, 0.1) is 13.8 Å². The van der Waals surface area contributed by atoms with Gasteiger partial charge in [-0.25, -0.2) is 4.31 Å². The van der Waals surface area contributed by atoms with Gasteiger partial charge in [0.15, 0.2) is 0 Å². The first kappa shape index (κ1) is 29.9. The maximum atomic E-state index is 13.9. The Morgan fingerprint density at radius 2 is 1.66 bits per heavy atom. The van der Waals surface area contributed by atoms with Gasteiger partial charge in [-0.3, -0.25) is 9.59 Å². The topological polar surface area (TPSA) is 90.0 Å². The van der Waals surface area contributed by atoms with Crippen molar-refractivity contribution in [3.63, 3.8) is 0 Å².